The van der Waals surface area contributed by atoms with Crippen molar-refractivity contribution in [2.45, 2.75) is 39.7 Å². The second-order valence-electron chi connectivity index (χ2n) is 3.09. The number of aromatic nitrogens is 1. The number of hydrogen-bond donors (Lipinski definition) is 1. The summed E-state index contributed by atoms with van der Waals surface area (Å²) in [6.07, 6.45) is 2.16. The summed E-state index contributed by atoms with van der Waals surface area (Å²) < 4.78 is 0. The lowest BCUT2D eigenvalue weighted by Gasteiger charge is -2.04. The highest BCUT2D eigenvalue weighted by Gasteiger charge is 2.10. The van der Waals surface area contributed by atoms with Gasteiger partial charge in [-0.3, -0.25) is 0 Å². The van der Waals surface area contributed by atoms with E-state index < -0.39 is 0 Å². The van der Waals surface area contributed by atoms with Gasteiger partial charge in [0.05, 0.1) is 11.7 Å². The van der Waals surface area contributed by atoms with E-state index in [2.05, 4.69) is 18.8 Å². The summed E-state index contributed by atoms with van der Waals surface area (Å²) in [5.74, 6) is 0. The molecule has 3 heteroatoms. The first-order valence-electron chi connectivity index (χ1n) is 4.34. The Morgan fingerprint density at radius 1 is 1.50 bits per heavy atom. The van der Waals surface area contributed by atoms with E-state index >= 15 is 0 Å². The maximum Gasteiger partial charge on any atom is 0.110 e. The summed E-state index contributed by atoms with van der Waals surface area (Å²) in [4.78, 5) is 5.71. The Bertz CT molecular complexity index is 236. The maximum absolute atomic E-state index is 5.94. The molecular weight excluding hydrogens is 168 g/mol. The van der Waals surface area contributed by atoms with Crippen LogP contribution in [0.4, 0.5) is 0 Å². The van der Waals surface area contributed by atoms with Gasteiger partial charge in [0.25, 0.3) is 0 Å². The average Bonchev–Trinajstić information content (AvgIpc) is 2.33. The summed E-state index contributed by atoms with van der Waals surface area (Å²) in [6.45, 7) is 6.27. The Balaban J connectivity index is 2.74. The smallest absolute Gasteiger partial charge is 0.110 e. The third-order valence-corrected chi connectivity index (χ3v) is 3.17. The van der Waals surface area contributed by atoms with Crippen LogP contribution >= 0.6 is 11.3 Å². The van der Waals surface area contributed by atoms with Crippen LogP contribution in [0.5, 0.6) is 0 Å². The van der Waals surface area contributed by atoms with Gasteiger partial charge >= 0.3 is 0 Å². The Hall–Kier alpha value is -0.410. The summed E-state index contributed by atoms with van der Waals surface area (Å²) in [7, 11) is 0. The van der Waals surface area contributed by atoms with Crippen molar-refractivity contribution >= 4 is 11.3 Å². The first-order chi connectivity index (χ1) is 5.65. The molecule has 0 saturated carbocycles. The van der Waals surface area contributed by atoms with Crippen molar-refractivity contribution in [3.05, 3.63) is 15.6 Å². The van der Waals surface area contributed by atoms with Crippen molar-refractivity contribution in [1.29, 1.82) is 0 Å². The minimum atomic E-state index is 0.146. The van der Waals surface area contributed by atoms with Gasteiger partial charge in [0.15, 0.2) is 0 Å². The first-order valence-corrected chi connectivity index (χ1v) is 5.16. The number of nitrogens with zero attached hydrogens (tertiary/aromatic N) is 1. The Labute approximate surface area is 77.8 Å². The summed E-state index contributed by atoms with van der Waals surface area (Å²) in [6, 6.07) is 0.146. The third kappa shape index (κ3) is 2.05. The topological polar surface area (TPSA) is 38.9 Å². The van der Waals surface area contributed by atoms with Crippen molar-refractivity contribution in [2.24, 2.45) is 5.73 Å². The molecule has 0 bridgehead atoms. The van der Waals surface area contributed by atoms with E-state index in [1.807, 2.05) is 6.92 Å². The standard InChI is InChI=1S/C9H16N2S/c1-4-5-8(10)9-11-6(2)7(3)12-9/h8H,4-5,10H2,1-3H3. The summed E-state index contributed by atoms with van der Waals surface area (Å²) >= 11 is 1.73. The summed E-state index contributed by atoms with van der Waals surface area (Å²) in [5.41, 5.74) is 7.06. The van der Waals surface area contributed by atoms with E-state index in [0.29, 0.717) is 0 Å². The van der Waals surface area contributed by atoms with E-state index in [1.54, 1.807) is 11.3 Å². The average molecular weight is 184 g/mol. The molecule has 1 unspecified atom stereocenters. The maximum atomic E-state index is 5.94. The van der Waals surface area contributed by atoms with Gasteiger partial charge in [-0.15, -0.1) is 11.3 Å². The molecule has 0 aliphatic heterocycles. The molecule has 0 aliphatic carbocycles. The van der Waals surface area contributed by atoms with Gasteiger partial charge in [-0.1, -0.05) is 13.3 Å². The molecule has 0 fully saturated rings. The highest BCUT2D eigenvalue weighted by atomic mass is 32.1. The van der Waals surface area contributed by atoms with Crippen molar-refractivity contribution in [1.82, 2.24) is 4.98 Å². The van der Waals surface area contributed by atoms with Crippen LogP contribution in [0, 0.1) is 13.8 Å². The zero-order chi connectivity index (χ0) is 9.14. The molecule has 0 spiro atoms. The van der Waals surface area contributed by atoms with Gasteiger partial charge in [0, 0.05) is 4.88 Å². The Morgan fingerprint density at radius 2 is 2.17 bits per heavy atom. The van der Waals surface area contributed by atoms with Crippen LogP contribution in [0.1, 0.15) is 41.4 Å². The fourth-order valence-corrected chi connectivity index (χ4v) is 2.05. The molecule has 2 nitrogen and oxygen atoms in total. The summed E-state index contributed by atoms with van der Waals surface area (Å²) in [5, 5.41) is 1.09. The zero-order valence-corrected chi connectivity index (χ0v) is 8.74. The monoisotopic (exact) mass is 184 g/mol. The molecule has 0 amide bonds. The van der Waals surface area contributed by atoms with Gasteiger partial charge in [-0.25, -0.2) is 4.98 Å². The fraction of sp³-hybridized carbons (Fsp3) is 0.667. The van der Waals surface area contributed by atoms with Crippen LogP contribution < -0.4 is 5.73 Å². The normalized spacial score (nSPS) is 13.3. The lowest BCUT2D eigenvalue weighted by atomic mass is 10.2. The van der Waals surface area contributed by atoms with Gasteiger partial charge in [0.1, 0.15) is 5.01 Å². The second-order valence-corrected chi connectivity index (χ2v) is 4.32. The molecule has 1 atom stereocenters. The molecule has 1 aromatic rings. The van der Waals surface area contributed by atoms with Crippen LogP contribution in [-0.2, 0) is 0 Å². The molecule has 0 aromatic carbocycles. The zero-order valence-electron chi connectivity index (χ0n) is 7.92. The third-order valence-electron chi connectivity index (χ3n) is 1.96. The molecular formula is C9H16N2S. The van der Waals surface area contributed by atoms with E-state index in [1.165, 1.54) is 4.88 Å². The highest BCUT2D eigenvalue weighted by Crippen LogP contribution is 2.23. The predicted molar refractivity (Wildman–Crippen MR) is 53.4 cm³/mol. The number of nitrogens with two attached hydrogens (primary N) is 1. The Morgan fingerprint density at radius 3 is 2.58 bits per heavy atom. The van der Waals surface area contributed by atoms with Crippen LogP contribution in [-0.4, -0.2) is 4.98 Å². The van der Waals surface area contributed by atoms with Gasteiger partial charge in [0.2, 0.25) is 0 Å². The van der Waals surface area contributed by atoms with E-state index in [9.17, 15) is 0 Å². The van der Waals surface area contributed by atoms with Gasteiger partial charge in [-0.05, 0) is 20.3 Å². The first kappa shape index (κ1) is 9.68. The molecule has 0 saturated heterocycles. The largest absolute Gasteiger partial charge is 0.322 e. The second kappa shape index (κ2) is 4.01. The molecule has 1 aromatic heterocycles. The van der Waals surface area contributed by atoms with E-state index in [0.717, 1.165) is 23.5 Å². The van der Waals surface area contributed by atoms with E-state index in [4.69, 9.17) is 5.73 Å². The van der Waals surface area contributed by atoms with Crippen LogP contribution in [0.3, 0.4) is 0 Å². The molecule has 0 radical (unpaired) electrons. The number of thiazole rings is 1. The molecule has 2 N–H and O–H groups in total. The van der Waals surface area contributed by atoms with Crippen molar-refractivity contribution in [3.8, 4) is 0 Å². The molecule has 0 aliphatic rings. The number of hydrogen-bond acceptors (Lipinski definition) is 3. The molecule has 1 rings (SSSR count). The minimum absolute atomic E-state index is 0.146. The highest BCUT2D eigenvalue weighted by molar-refractivity contribution is 7.11. The SMILES string of the molecule is CCCC(N)c1nc(C)c(C)s1. The molecule has 1 heterocycles. The number of aryl methyl sites for hydroxylation is 2. The lowest BCUT2D eigenvalue weighted by Crippen LogP contribution is -2.09. The van der Waals surface area contributed by atoms with Crippen LogP contribution in [0.2, 0.25) is 0 Å². The quantitative estimate of drug-likeness (QED) is 0.784. The minimum Gasteiger partial charge on any atom is -0.322 e. The molecule has 68 valence electrons. The van der Waals surface area contributed by atoms with Crippen molar-refractivity contribution in [3.63, 3.8) is 0 Å². The van der Waals surface area contributed by atoms with Crippen molar-refractivity contribution in [2.75, 3.05) is 0 Å². The number of rotatable bonds is 3. The van der Waals surface area contributed by atoms with Gasteiger partial charge in [-0.2, -0.15) is 0 Å². The van der Waals surface area contributed by atoms with Gasteiger partial charge < -0.3 is 5.73 Å². The lowest BCUT2D eigenvalue weighted by molar-refractivity contribution is 0.633. The van der Waals surface area contributed by atoms with Crippen molar-refractivity contribution < 1.29 is 0 Å². The molecule has 12 heavy (non-hydrogen) atoms. The van der Waals surface area contributed by atoms with Crippen LogP contribution in [0.15, 0.2) is 0 Å². The predicted octanol–water partition coefficient (Wildman–Crippen LogP) is 2.56. The fourth-order valence-electron chi connectivity index (χ4n) is 1.09. The Kier molecular flexibility index (Phi) is 3.23. The van der Waals surface area contributed by atoms with Crippen LogP contribution in [0.25, 0.3) is 0 Å². The van der Waals surface area contributed by atoms with E-state index in [-0.39, 0.29) is 6.04 Å².